The Balaban J connectivity index is 2.38. The van der Waals surface area contributed by atoms with Crippen molar-refractivity contribution in [3.05, 3.63) is 44.8 Å². The highest BCUT2D eigenvalue weighted by Crippen LogP contribution is 2.12. The summed E-state index contributed by atoms with van der Waals surface area (Å²) in [5, 5.41) is 3.73. The van der Waals surface area contributed by atoms with Gasteiger partial charge in [0.05, 0.1) is 5.54 Å². The molecule has 2 aromatic rings. The van der Waals surface area contributed by atoms with Crippen molar-refractivity contribution in [3.63, 3.8) is 0 Å². The van der Waals surface area contributed by atoms with Gasteiger partial charge in [0.25, 0.3) is 5.56 Å². The van der Waals surface area contributed by atoms with Gasteiger partial charge in [-0.1, -0.05) is 5.16 Å². The standard InChI is InChI=1S/C11H15N5O3/c1-11(2,12)9-13-7(19-14-9)6-16-8(17)4-5-15(3)10(16)18/h4-5H,6,12H2,1-3H3. The molecule has 8 heteroatoms. The number of aryl methyl sites for hydroxylation is 1. The number of rotatable bonds is 3. The lowest BCUT2D eigenvalue weighted by molar-refractivity contribution is 0.351. The lowest BCUT2D eigenvalue weighted by Crippen LogP contribution is -2.38. The topological polar surface area (TPSA) is 109 Å². The summed E-state index contributed by atoms with van der Waals surface area (Å²) in [5.74, 6) is 0.488. The Morgan fingerprint density at radius 1 is 1.42 bits per heavy atom. The van der Waals surface area contributed by atoms with Gasteiger partial charge in [-0.25, -0.2) is 4.79 Å². The van der Waals surface area contributed by atoms with Gasteiger partial charge in [-0.15, -0.1) is 0 Å². The highest BCUT2D eigenvalue weighted by Gasteiger charge is 2.21. The maximum Gasteiger partial charge on any atom is 0.331 e. The molecule has 102 valence electrons. The Hall–Kier alpha value is -2.22. The summed E-state index contributed by atoms with van der Waals surface area (Å²) in [7, 11) is 1.56. The fourth-order valence-electron chi connectivity index (χ4n) is 1.48. The zero-order valence-electron chi connectivity index (χ0n) is 11.0. The zero-order valence-corrected chi connectivity index (χ0v) is 11.0. The van der Waals surface area contributed by atoms with Crippen molar-refractivity contribution in [2.24, 2.45) is 12.8 Å². The average Bonchev–Trinajstić information content (AvgIpc) is 2.78. The molecule has 0 atom stereocenters. The second-order valence-electron chi connectivity index (χ2n) is 4.87. The third-order valence-electron chi connectivity index (χ3n) is 2.58. The number of aromatic nitrogens is 4. The molecule has 0 aliphatic rings. The molecule has 0 saturated heterocycles. The van der Waals surface area contributed by atoms with E-state index in [-0.39, 0.29) is 12.4 Å². The van der Waals surface area contributed by atoms with Gasteiger partial charge in [-0.3, -0.25) is 9.36 Å². The minimum absolute atomic E-state index is 0.0740. The van der Waals surface area contributed by atoms with Gasteiger partial charge in [0.15, 0.2) is 5.82 Å². The molecule has 0 amide bonds. The molecule has 0 radical (unpaired) electrons. The molecule has 2 heterocycles. The van der Waals surface area contributed by atoms with E-state index in [9.17, 15) is 9.59 Å². The lowest BCUT2D eigenvalue weighted by Gasteiger charge is -2.11. The lowest BCUT2D eigenvalue weighted by atomic mass is 10.1. The molecular weight excluding hydrogens is 250 g/mol. The van der Waals surface area contributed by atoms with Crippen molar-refractivity contribution < 1.29 is 4.52 Å². The Morgan fingerprint density at radius 2 is 2.11 bits per heavy atom. The molecule has 0 bridgehead atoms. The molecule has 0 unspecified atom stereocenters. The zero-order chi connectivity index (χ0) is 14.2. The number of nitrogens with zero attached hydrogens (tertiary/aromatic N) is 4. The Kier molecular flexibility index (Phi) is 3.11. The van der Waals surface area contributed by atoms with Crippen LogP contribution in [0, 0.1) is 0 Å². The van der Waals surface area contributed by atoms with Crippen LogP contribution in [0.1, 0.15) is 25.6 Å². The molecule has 0 aliphatic heterocycles. The second-order valence-corrected chi connectivity index (χ2v) is 4.87. The average molecular weight is 265 g/mol. The maximum atomic E-state index is 11.8. The Morgan fingerprint density at radius 3 is 2.68 bits per heavy atom. The second kappa shape index (κ2) is 4.47. The fraction of sp³-hybridized carbons (Fsp3) is 0.455. The van der Waals surface area contributed by atoms with Gasteiger partial charge in [0.2, 0.25) is 5.89 Å². The largest absolute Gasteiger partial charge is 0.337 e. The molecule has 0 aliphatic carbocycles. The normalized spacial score (nSPS) is 11.8. The van der Waals surface area contributed by atoms with E-state index >= 15 is 0 Å². The van der Waals surface area contributed by atoms with Crippen LogP contribution in [0.3, 0.4) is 0 Å². The van der Waals surface area contributed by atoms with E-state index in [2.05, 4.69) is 10.1 Å². The van der Waals surface area contributed by atoms with E-state index < -0.39 is 16.8 Å². The van der Waals surface area contributed by atoms with Crippen LogP contribution in [0.4, 0.5) is 0 Å². The maximum absolute atomic E-state index is 11.8. The SMILES string of the molecule is Cn1ccc(=O)n(Cc2nc(C(C)(C)N)no2)c1=O. The van der Waals surface area contributed by atoms with Crippen molar-refractivity contribution in [1.82, 2.24) is 19.3 Å². The van der Waals surface area contributed by atoms with Crippen molar-refractivity contribution in [3.8, 4) is 0 Å². The van der Waals surface area contributed by atoms with E-state index in [1.165, 1.54) is 16.8 Å². The summed E-state index contributed by atoms with van der Waals surface area (Å²) in [4.78, 5) is 27.5. The monoisotopic (exact) mass is 265 g/mol. The molecule has 0 aromatic carbocycles. The Bertz CT molecular complexity index is 704. The highest BCUT2D eigenvalue weighted by molar-refractivity contribution is 4.99. The summed E-state index contributed by atoms with van der Waals surface area (Å²) in [6, 6.07) is 1.30. The van der Waals surface area contributed by atoms with E-state index in [4.69, 9.17) is 10.3 Å². The van der Waals surface area contributed by atoms with Gasteiger partial charge < -0.3 is 14.8 Å². The van der Waals surface area contributed by atoms with E-state index in [1.54, 1.807) is 20.9 Å². The molecule has 19 heavy (non-hydrogen) atoms. The summed E-state index contributed by atoms with van der Waals surface area (Å²) in [6.45, 7) is 3.39. The highest BCUT2D eigenvalue weighted by atomic mass is 16.5. The van der Waals surface area contributed by atoms with Crippen LogP contribution in [-0.2, 0) is 19.1 Å². The third kappa shape index (κ3) is 2.63. The minimum atomic E-state index is -0.742. The molecule has 8 nitrogen and oxygen atoms in total. The van der Waals surface area contributed by atoms with Crippen LogP contribution in [0.15, 0.2) is 26.4 Å². The first kappa shape index (κ1) is 13.2. The van der Waals surface area contributed by atoms with E-state index in [1.807, 2.05) is 0 Å². The van der Waals surface area contributed by atoms with Crippen LogP contribution in [-0.4, -0.2) is 19.3 Å². The minimum Gasteiger partial charge on any atom is -0.337 e. The summed E-state index contributed by atoms with van der Waals surface area (Å²) in [6.07, 6.45) is 1.41. The van der Waals surface area contributed by atoms with E-state index in [0.29, 0.717) is 5.82 Å². The quantitative estimate of drug-likeness (QED) is 0.776. The molecule has 0 fully saturated rings. The molecule has 2 N–H and O–H groups in total. The smallest absolute Gasteiger partial charge is 0.331 e. The first-order valence-corrected chi connectivity index (χ1v) is 5.67. The van der Waals surface area contributed by atoms with Gasteiger partial charge in [-0.05, 0) is 13.8 Å². The molecule has 2 rings (SSSR count). The predicted molar refractivity (Wildman–Crippen MR) is 66.6 cm³/mol. The van der Waals surface area contributed by atoms with Crippen molar-refractivity contribution in [2.75, 3.05) is 0 Å². The van der Waals surface area contributed by atoms with Crippen LogP contribution in [0.25, 0.3) is 0 Å². The number of hydrogen-bond donors (Lipinski definition) is 1. The van der Waals surface area contributed by atoms with Gasteiger partial charge >= 0.3 is 5.69 Å². The van der Waals surface area contributed by atoms with Crippen molar-refractivity contribution in [2.45, 2.75) is 25.9 Å². The van der Waals surface area contributed by atoms with Crippen LogP contribution < -0.4 is 17.0 Å². The summed E-state index contributed by atoms with van der Waals surface area (Å²) >= 11 is 0. The van der Waals surface area contributed by atoms with Crippen molar-refractivity contribution >= 4 is 0 Å². The number of hydrogen-bond acceptors (Lipinski definition) is 6. The van der Waals surface area contributed by atoms with Crippen LogP contribution >= 0.6 is 0 Å². The van der Waals surface area contributed by atoms with Gasteiger partial charge in [-0.2, -0.15) is 4.98 Å². The number of nitrogens with two attached hydrogens (primary N) is 1. The molecule has 0 spiro atoms. The third-order valence-corrected chi connectivity index (χ3v) is 2.58. The fourth-order valence-corrected chi connectivity index (χ4v) is 1.48. The molecule has 0 saturated carbocycles. The summed E-state index contributed by atoms with van der Waals surface area (Å²) in [5.41, 5.74) is 4.22. The van der Waals surface area contributed by atoms with E-state index in [0.717, 1.165) is 4.57 Å². The molecular formula is C11H15N5O3. The predicted octanol–water partition coefficient (Wildman–Crippen LogP) is -0.828. The summed E-state index contributed by atoms with van der Waals surface area (Å²) < 4.78 is 7.31. The van der Waals surface area contributed by atoms with Gasteiger partial charge in [0, 0.05) is 19.3 Å². The van der Waals surface area contributed by atoms with Gasteiger partial charge in [0.1, 0.15) is 6.54 Å². The molecule has 2 aromatic heterocycles. The van der Waals surface area contributed by atoms with Crippen LogP contribution in [0.2, 0.25) is 0 Å². The first-order valence-electron chi connectivity index (χ1n) is 5.67. The van der Waals surface area contributed by atoms with Crippen LogP contribution in [0.5, 0.6) is 0 Å². The first-order chi connectivity index (χ1) is 8.79. The van der Waals surface area contributed by atoms with Crippen molar-refractivity contribution in [1.29, 1.82) is 0 Å². The Labute approximate surface area is 108 Å².